The maximum atomic E-state index is 13.6. The second-order valence-corrected chi connectivity index (χ2v) is 9.13. The van der Waals surface area contributed by atoms with Gasteiger partial charge in [-0.3, -0.25) is 19.7 Å². The van der Waals surface area contributed by atoms with Gasteiger partial charge in [-0.25, -0.2) is 4.90 Å². The van der Waals surface area contributed by atoms with Crippen molar-refractivity contribution >= 4 is 45.0 Å². The van der Waals surface area contributed by atoms with Crippen molar-refractivity contribution < 1.29 is 14.4 Å². The van der Waals surface area contributed by atoms with Crippen molar-refractivity contribution in [2.45, 2.75) is 25.4 Å². The molecule has 6 nitrogen and oxygen atoms in total. The first-order valence-electron chi connectivity index (χ1n) is 9.68. The van der Waals surface area contributed by atoms with Gasteiger partial charge in [0.1, 0.15) is 5.54 Å². The van der Waals surface area contributed by atoms with Gasteiger partial charge >= 0.3 is 0 Å². The van der Waals surface area contributed by atoms with Crippen LogP contribution in [0.25, 0.3) is 0 Å². The van der Waals surface area contributed by atoms with Crippen LogP contribution in [0.2, 0.25) is 0 Å². The average Bonchev–Trinajstić information content (AvgIpc) is 3.28. The molecule has 2 aromatic carbocycles. The second-order valence-electron chi connectivity index (χ2n) is 8.21. The molecule has 2 fully saturated rings. The molecule has 5 rings (SSSR count). The van der Waals surface area contributed by atoms with Gasteiger partial charge in [0.25, 0.3) is 0 Å². The molecule has 3 heterocycles. The topological polar surface area (TPSA) is 78.5 Å². The van der Waals surface area contributed by atoms with Gasteiger partial charge in [0, 0.05) is 21.8 Å². The van der Waals surface area contributed by atoms with E-state index < -0.39 is 17.4 Å². The molecule has 2 N–H and O–H groups in total. The Morgan fingerprint density at radius 2 is 1.69 bits per heavy atom. The molecule has 29 heavy (non-hydrogen) atoms. The molecule has 4 atom stereocenters. The highest BCUT2D eigenvalue weighted by atomic mass is 79.9. The standard InChI is InChI=1S/C22H20BrN3O3/c1-11(2)18-16-17(20(28)26(19(16)27)13-9-7-12(23)8-10-13)22(25-18)14-5-3-4-6-15(14)24-21(22)29/h3-11,16-18,25H,1-2H3,(H,24,29). The number of nitrogens with one attached hydrogen (secondary N) is 2. The lowest BCUT2D eigenvalue weighted by atomic mass is 9.76. The smallest absolute Gasteiger partial charge is 0.250 e. The average molecular weight is 454 g/mol. The predicted octanol–water partition coefficient (Wildman–Crippen LogP) is 3.03. The number of carbonyl (C=O) groups is 3. The Balaban J connectivity index is 1.68. The molecular formula is C22H20BrN3O3. The number of amides is 3. The van der Waals surface area contributed by atoms with Crippen molar-refractivity contribution in [2.75, 3.05) is 10.2 Å². The van der Waals surface area contributed by atoms with E-state index in [9.17, 15) is 14.4 Å². The summed E-state index contributed by atoms with van der Waals surface area (Å²) in [6, 6.07) is 14.2. The number of halogens is 1. The zero-order chi connectivity index (χ0) is 20.5. The van der Waals surface area contributed by atoms with E-state index >= 15 is 0 Å². The molecule has 3 aliphatic heterocycles. The van der Waals surface area contributed by atoms with Crippen molar-refractivity contribution in [3.63, 3.8) is 0 Å². The van der Waals surface area contributed by atoms with Gasteiger partial charge in [0.05, 0.1) is 17.5 Å². The van der Waals surface area contributed by atoms with E-state index in [2.05, 4.69) is 26.6 Å². The van der Waals surface area contributed by atoms with Crippen molar-refractivity contribution in [1.82, 2.24) is 5.32 Å². The summed E-state index contributed by atoms with van der Waals surface area (Å²) in [7, 11) is 0. The summed E-state index contributed by atoms with van der Waals surface area (Å²) in [5.41, 5.74) is 0.729. The number of para-hydroxylation sites is 1. The molecule has 4 unspecified atom stereocenters. The minimum Gasteiger partial charge on any atom is -0.324 e. The maximum absolute atomic E-state index is 13.6. The first kappa shape index (κ1) is 18.5. The molecule has 0 bridgehead atoms. The van der Waals surface area contributed by atoms with E-state index in [-0.39, 0.29) is 29.7 Å². The van der Waals surface area contributed by atoms with Crippen LogP contribution in [-0.4, -0.2) is 23.8 Å². The lowest BCUT2D eigenvalue weighted by Gasteiger charge is -2.30. The Labute approximate surface area is 176 Å². The lowest BCUT2D eigenvalue weighted by molar-refractivity contribution is -0.130. The molecule has 0 saturated carbocycles. The van der Waals surface area contributed by atoms with Crippen LogP contribution in [0.4, 0.5) is 11.4 Å². The molecule has 2 aromatic rings. The Morgan fingerprint density at radius 3 is 2.38 bits per heavy atom. The van der Waals surface area contributed by atoms with E-state index in [1.807, 2.05) is 38.1 Å². The quantitative estimate of drug-likeness (QED) is 0.684. The molecule has 0 radical (unpaired) electrons. The fraction of sp³-hybridized carbons (Fsp3) is 0.318. The van der Waals surface area contributed by atoms with E-state index in [0.29, 0.717) is 11.4 Å². The summed E-state index contributed by atoms with van der Waals surface area (Å²) in [5.74, 6) is -2.15. The third-order valence-electron chi connectivity index (χ3n) is 6.36. The summed E-state index contributed by atoms with van der Waals surface area (Å²) < 4.78 is 0.864. The predicted molar refractivity (Wildman–Crippen MR) is 112 cm³/mol. The number of imide groups is 1. The van der Waals surface area contributed by atoms with Crippen LogP contribution in [0, 0.1) is 17.8 Å². The minimum atomic E-state index is -1.23. The highest BCUT2D eigenvalue weighted by Gasteiger charge is 2.70. The first-order chi connectivity index (χ1) is 13.9. The van der Waals surface area contributed by atoms with Crippen LogP contribution in [0.1, 0.15) is 19.4 Å². The van der Waals surface area contributed by atoms with Crippen LogP contribution < -0.4 is 15.5 Å². The van der Waals surface area contributed by atoms with E-state index in [0.717, 1.165) is 10.0 Å². The summed E-state index contributed by atoms with van der Waals surface area (Å²) in [4.78, 5) is 41.6. The largest absolute Gasteiger partial charge is 0.324 e. The van der Waals surface area contributed by atoms with Crippen LogP contribution >= 0.6 is 15.9 Å². The fourth-order valence-electron chi connectivity index (χ4n) is 5.11. The van der Waals surface area contributed by atoms with Crippen molar-refractivity contribution in [2.24, 2.45) is 17.8 Å². The number of benzene rings is 2. The number of nitrogens with zero attached hydrogens (tertiary/aromatic N) is 1. The molecular weight excluding hydrogens is 434 g/mol. The molecule has 3 aliphatic rings. The Morgan fingerprint density at radius 1 is 1.00 bits per heavy atom. The summed E-state index contributed by atoms with van der Waals surface area (Å²) in [6.45, 7) is 4.01. The Hall–Kier alpha value is -2.51. The molecule has 1 spiro atoms. The van der Waals surface area contributed by atoms with Crippen LogP contribution in [0.15, 0.2) is 53.0 Å². The number of fused-ring (bicyclic) bond motifs is 4. The number of hydrogen-bond donors (Lipinski definition) is 2. The van der Waals surface area contributed by atoms with Gasteiger partial charge in [0.2, 0.25) is 17.7 Å². The molecule has 3 amide bonds. The van der Waals surface area contributed by atoms with Crippen LogP contribution in [0.3, 0.4) is 0 Å². The Kier molecular flexibility index (Phi) is 3.98. The number of hydrogen-bond acceptors (Lipinski definition) is 4. The van der Waals surface area contributed by atoms with Gasteiger partial charge < -0.3 is 5.32 Å². The van der Waals surface area contributed by atoms with Crippen molar-refractivity contribution in [3.05, 3.63) is 58.6 Å². The number of anilines is 2. The third kappa shape index (κ3) is 2.34. The van der Waals surface area contributed by atoms with Crippen molar-refractivity contribution in [1.29, 1.82) is 0 Å². The second kappa shape index (κ2) is 6.24. The molecule has 7 heteroatoms. The molecule has 0 aromatic heterocycles. The fourth-order valence-corrected chi connectivity index (χ4v) is 5.37. The Bertz CT molecular complexity index is 1050. The van der Waals surface area contributed by atoms with Crippen LogP contribution in [0.5, 0.6) is 0 Å². The van der Waals surface area contributed by atoms with E-state index in [1.165, 1.54) is 4.90 Å². The highest BCUT2D eigenvalue weighted by molar-refractivity contribution is 9.10. The van der Waals surface area contributed by atoms with Crippen LogP contribution in [-0.2, 0) is 19.9 Å². The van der Waals surface area contributed by atoms with E-state index in [1.54, 1.807) is 24.3 Å². The van der Waals surface area contributed by atoms with Gasteiger partial charge in [-0.1, -0.05) is 48.0 Å². The highest BCUT2D eigenvalue weighted by Crippen LogP contribution is 2.54. The van der Waals surface area contributed by atoms with Gasteiger partial charge in [-0.05, 0) is 36.2 Å². The minimum absolute atomic E-state index is 0.0732. The van der Waals surface area contributed by atoms with E-state index in [4.69, 9.17) is 0 Å². The molecule has 148 valence electrons. The van der Waals surface area contributed by atoms with Gasteiger partial charge in [-0.15, -0.1) is 0 Å². The normalized spacial score (nSPS) is 30.3. The zero-order valence-electron chi connectivity index (χ0n) is 16.0. The summed E-state index contributed by atoms with van der Waals surface area (Å²) >= 11 is 3.38. The molecule has 0 aliphatic carbocycles. The molecule has 2 saturated heterocycles. The SMILES string of the molecule is CC(C)C1NC2(C(=O)Nc3ccccc32)C2C(=O)N(c3ccc(Br)cc3)C(=O)C12. The van der Waals surface area contributed by atoms with Gasteiger partial charge in [-0.2, -0.15) is 0 Å². The lowest BCUT2D eigenvalue weighted by Crippen LogP contribution is -2.54. The van der Waals surface area contributed by atoms with Gasteiger partial charge in [0.15, 0.2) is 0 Å². The monoisotopic (exact) mass is 453 g/mol. The maximum Gasteiger partial charge on any atom is 0.250 e. The number of carbonyl (C=O) groups excluding carboxylic acids is 3. The summed E-state index contributed by atoms with van der Waals surface area (Å²) in [5, 5.41) is 6.34. The zero-order valence-corrected chi connectivity index (χ0v) is 17.6. The first-order valence-corrected chi connectivity index (χ1v) is 10.5. The summed E-state index contributed by atoms with van der Waals surface area (Å²) in [6.07, 6.45) is 0. The number of rotatable bonds is 2. The third-order valence-corrected chi connectivity index (χ3v) is 6.89. The van der Waals surface area contributed by atoms with Crippen molar-refractivity contribution in [3.8, 4) is 0 Å².